The van der Waals surface area contributed by atoms with Crippen LogP contribution in [0.5, 0.6) is 0 Å². The highest BCUT2D eigenvalue weighted by atomic mass is 35.5. The zero-order chi connectivity index (χ0) is 20.2. The number of hydrazine groups is 1. The third-order valence-electron chi connectivity index (χ3n) is 4.99. The van der Waals surface area contributed by atoms with Gasteiger partial charge in [0.2, 0.25) is 5.95 Å². The second-order valence-electron chi connectivity index (χ2n) is 7.51. The number of nitrogens with zero attached hydrogens (tertiary/aromatic N) is 4. The number of thiophene rings is 1. The highest BCUT2D eigenvalue weighted by Crippen LogP contribution is 2.41. The number of ether oxygens (including phenoxy) is 1. The predicted octanol–water partition coefficient (Wildman–Crippen LogP) is 4.42. The summed E-state index contributed by atoms with van der Waals surface area (Å²) < 4.78 is 7.86. The van der Waals surface area contributed by atoms with Crippen molar-refractivity contribution in [3.63, 3.8) is 0 Å². The third-order valence-corrected chi connectivity index (χ3v) is 7.43. The second kappa shape index (κ2) is 7.10. The van der Waals surface area contributed by atoms with E-state index in [1.807, 2.05) is 28.7 Å². The van der Waals surface area contributed by atoms with E-state index in [0.29, 0.717) is 23.5 Å². The van der Waals surface area contributed by atoms with E-state index in [-0.39, 0.29) is 5.60 Å². The first kappa shape index (κ1) is 19.1. The monoisotopic (exact) mass is 446 g/mol. The van der Waals surface area contributed by atoms with Gasteiger partial charge in [-0.3, -0.25) is 5.43 Å². The molecule has 0 aliphatic carbocycles. The van der Waals surface area contributed by atoms with E-state index in [2.05, 4.69) is 29.5 Å². The molecule has 0 radical (unpaired) electrons. The molecule has 4 heterocycles. The summed E-state index contributed by atoms with van der Waals surface area (Å²) in [5.74, 6) is 6.98. The van der Waals surface area contributed by atoms with Crippen LogP contribution in [-0.4, -0.2) is 25.2 Å². The number of anilines is 1. The summed E-state index contributed by atoms with van der Waals surface area (Å²) in [5.41, 5.74) is 5.54. The first-order chi connectivity index (χ1) is 14.0. The molecule has 29 heavy (non-hydrogen) atoms. The summed E-state index contributed by atoms with van der Waals surface area (Å²) >= 11 is 9.48. The molecule has 0 unspecified atom stereocenters. The Bertz CT molecular complexity index is 1230. The minimum Gasteiger partial charge on any atom is -0.370 e. The fourth-order valence-corrected chi connectivity index (χ4v) is 5.88. The molecule has 0 saturated carbocycles. The summed E-state index contributed by atoms with van der Waals surface area (Å²) in [5, 5.41) is 11.4. The van der Waals surface area contributed by atoms with Crippen LogP contribution in [0.2, 0.25) is 5.02 Å². The first-order valence-corrected chi connectivity index (χ1v) is 11.3. The molecule has 1 aliphatic heterocycles. The van der Waals surface area contributed by atoms with Crippen LogP contribution in [0.1, 0.15) is 29.9 Å². The van der Waals surface area contributed by atoms with Gasteiger partial charge in [-0.1, -0.05) is 41.6 Å². The highest BCUT2D eigenvalue weighted by Gasteiger charge is 2.31. The van der Waals surface area contributed by atoms with Crippen LogP contribution in [0.3, 0.4) is 0 Å². The molecule has 4 aromatic rings. The van der Waals surface area contributed by atoms with E-state index in [1.165, 1.54) is 10.4 Å². The molecule has 7 nitrogen and oxygen atoms in total. The van der Waals surface area contributed by atoms with Crippen LogP contribution in [0.4, 0.5) is 5.95 Å². The number of rotatable bonds is 4. The van der Waals surface area contributed by atoms with Crippen molar-refractivity contribution >= 4 is 56.5 Å². The van der Waals surface area contributed by atoms with Crippen molar-refractivity contribution in [3.05, 3.63) is 45.3 Å². The number of hydrogen-bond donors (Lipinski definition) is 2. The van der Waals surface area contributed by atoms with E-state index in [1.54, 1.807) is 23.1 Å². The standard InChI is InChI=1S/C19H19ClN6OS2/c1-19(2)7-11-13(8-27-19)29-16-14(11)15-24-25-18(26(15)17(22-16)23-21)28-9-10-5-3-4-6-12(10)20/h3-6H,7-9,21H2,1-2H3,(H,22,23). The van der Waals surface area contributed by atoms with Crippen LogP contribution in [0.25, 0.3) is 15.9 Å². The van der Waals surface area contributed by atoms with Crippen molar-refractivity contribution in [1.82, 2.24) is 19.6 Å². The molecule has 0 amide bonds. The zero-order valence-electron chi connectivity index (χ0n) is 15.9. The van der Waals surface area contributed by atoms with Crippen molar-refractivity contribution in [1.29, 1.82) is 0 Å². The van der Waals surface area contributed by atoms with Crippen molar-refractivity contribution in [2.75, 3.05) is 5.43 Å². The minimum atomic E-state index is -0.218. The molecular weight excluding hydrogens is 428 g/mol. The van der Waals surface area contributed by atoms with Crippen molar-refractivity contribution in [2.24, 2.45) is 5.84 Å². The quantitative estimate of drug-likeness (QED) is 0.272. The first-order valence-electron chi connectivity index (χ1n) is 9.13. The van der Waals surface area contributed by atoms with Gasteiger partial charge < -0.3 is 4.74 Å². The Morgan fingerprint density at radius 2 is 2.17 bits per heavy atom. The van der Waals surface area contributed by atoms with Crippen molar-refractivity contribution in [2.45, 2.75) is 43.4 Å². The van der Waals surface area contributed by atoms with Crippen molar-refractivity contribution in [3.8, 4) is 0 Å². The zero-order valence-corrected chi connectivity index (χ0v) is 18.3. The maximum Gasteiger partial charge on any atom is 0.226 e. The van der Waals surface area contributed by atoms with E-state index in [4.69, 9.17) is 27.2 Å². The Labute approximate surface area is 180 Å². The number of thioether (sulfide) groups is 1. The molecule has 0 spiro atoms. The van der Waals surface area contributed by atoms with Gasteiger partial charge in [0, 0.05) is 22.1 Å². The molecule has 5 rings (SSSR count). The number of aromatic nitrogens is 4. The van der Waals surface area contributed by atoms with Crippen LogP contribution in [0.15, 0.2) is 29.4 Å². The van der Waals surface area contributed by atoms with E-state index < -0.39 is 0 Å². The minimum absolute atomic E-state index is 0.218. The average Bonchev–Trinajstić information content (AvgIpc) is 3.27. The van der Waals surface area contributed by atoms with E-state index in [0.717, 1.165) is 32.9 Å². The normalized spacial score (nSPS) is 15.7. The van der Waals surface area contributed by atoms with Gasteiger partial charge in [0.1, 0.15) is 4.83 Å². The van der Waals surface area contributed by atoms with Gasteiger partial charge in [-0.05, 0) is 31.0 Å². The lowest BCUT2D eigenvalue weighted by atomic mass is 9.94. The Balaban J connectivity index is 1.63. The van der Waals surface area contributed by atoms with Crippen LogP contribution in [0, 0.1) is 0 Å². The summed E-state index contributed by atoms with van der Waals surface area (Å²) in [4.78, 5) is 6.84. The lowest BCUT2D eigenvalue weighted by molar-refractivity contribution is -0.0379. The predicted molar refractivity (Wildman–Crippen MR) is 118 cm³/mol. The van der Waals surface area contributed by atoms with Crippen molar-refractivity contribution < 1.29 is 4.74 Å². The largest absolute Gasteiger partial charge is 0.370 e. The fourth-order valence-electron chi connectivity index (χ4n) is 3.57. The lowest BCUT2D eigenvalue weighted by Gasteiger charge is -2.30. The molecule has 0 fully saturated rings. The van der Waals surface area contributed by atoms with E-state index >= 15 is 0 Å². The van der Waals surface area contributed by atoms with Gasteiger partial charge in [0.05, 0.1) is 17.6 Å². The van der Waals surface area contributed by atoms with Crippen LogP contribution < -0.4 is 11.3 Å². The molecule has 3 N–H and O–H groups in total. The van der Waals surface area contributed by atoms with E-state index in [9.17, 15) is 0 Å². The highest BCUT2D eigenvalue weighted by molar-refractivity contribution is 7.98. The maximum atomic E-state index is 6.30. The molecule has 10 heteroatoms. The summed E-state index contributed by atoms with van der Waals surface area (Å²) in [6.45, 7) is 4.80. The molecule has 3 aromatic heterocycles. The Hall–Kier alpha value is -1.91. The Morgan fingerprint density at radius 3 is 2.97 bits per heavy atom. The fraction of sp³-hybridized carbons (Fsp3) is 0.316. The molecule has 0 saturated heterocycles. The summed E-state index contributed by atoms with van der Waals surface area (Å²) in [7, 11) is 0. The number of halogens is 1. The van der Waals surface area contributed by atoms with Gasteiger partial charge in [0.15, 0.2) is 10.8 Å². The SMILES string of the molecule is CC1(C)Cc2c(sc3nc(NN)n4c(SCc5ccccc5Cl)nnc4c23)CO1. The number of nitrogens with two attached hydrogens (primary N) is 1. The molecule has 150 valence electrons. The smallest absolute Gasteiger partial charge is 0.226 e. The number of benzene rings is 1. The van der Waals surface area contributed by atoms with Gasteiger partial charge >= 0.3 is 0 Å². The number of fused-ring (bicyclic) bond motifs is 5. The second-order valence-corrected chi connectivity index (χ2v) is 9.94. The summed E-state index contributed by atoms with van der Waals surface area (Å²) in [6.07, 6.45) is 0.810. The Morgan fingerprint density at radius 1 is 1.34 bits per heavy atom. The van der Waals surface area contributed by atoms with Gasteiger partial charge in [0.25, 0.3) is 0 Å². The Kier molecular flexibility index (Phi) is 4.67. The average molecular weight is 447 g/mol. The summed E-state index contributed by atoms with van der Waals surface area (Å²) in [6, 6.07) is 7.79. The maximum absolute atomic E-state index is 6.30. The molecular formula is C19H19ClN6OS2. The molecule has 0 atom stereocenters. The van der Waals surface area contributed by atoms with Gasteiger partial charge in [-0.2, -0.15) is 0 Å². The van der Waals surface area contributed by atoms with Crippen LogP contribution in [-0.2, 0) is 23.5 Å². The molecule has 0 bridgehead atoms. The van der Waals surface area contributed by atoms with Gasteiger partial charge in [-0.25, -0.2) is 15.2 Å². The third kappa shape index (κ3) is 3.27. The molecule has 1 aromatic carbocycles. The topological polar surface area (TPSA) is 90.4 Å². The number of hydrogen-bond acceptors (Lipinski definition) is 8. The lowest BCUT2D eigenvalue weighted by Crippen LogP contribution is -2.31. The van der Waals surface area contributed by atoms with Crippen LogP contribution >= 0.6 is 34.7 Å². The number of nitrogens with one attached hydrogen (secondary N) is 1. The van der Waals surface area contributed by atoms with Gasteiger partial charge in [-0.15, -0.1) is 21.5 Å². The number of nitrogen functional groups attached to an aromatic ring is 1. The molecule has 1 aliphatic rings.